The fourth-order valence-corrected chi connectivity index (χ4v) is 3.40. The van der Waals surface area contributed by atoms with Crippen LogP contribution >= 0.6 is 0 Å². The summed E-state index contributed by atoms with van der Waals surface area (Å²) in [6.45, 7) is 5.42. The van der Waals surface area contributed by atoms with Gasteiger partial charge in [-0.15, -0.1) is 0 Å². The Labute approximate surface area is 142 Å². The normalized spacial score (nSPS) is 22.7. The summed E-state index contributed by atoms with van der Waals surface area (Å²) < 4.78 is 16.5. The maximum Gasteiger partial charge on any atom is 0.249 e. The quantitative estimate of drug-likeness (QED) is 0.740. The lowest BCUT2D eigenvalue weighted by Gasteiger charge is -2.32. The molecular formula is C17H27N3O4. The van der Waals surface area contributed by atoms with Crippen LogP contribution < -0.4 is 0 Å². The van der Waals surface area contributed by atoms with Crippen molar-refractivity contribution in [1.82, 2.24) is 15.0 Å². The highest BCUT2D eigenvalue weighted by Crippen LogP contribution is 2.29. The minimum Gasteiger partial charge on any atom is -0.381 e. The van der Waals surface area contributed by atoms with E-state index < -0.39 is 0 Å². The van der Waals surface area contributed by atoms with E-state index in [1.165, 1.54) is 0 Å². The topological polar surface area (TPSA) is 77.7 Å². The van der Waals surface area contributed by atoms with Crippen molar-refractivity contribution in [2.45, 2.75) is 51.5 Å². The summed E-state index contributed by atoms with van der Waals surface area (Å²) in [5, 5.41) is 4.05. The fourth-order valence-electron chi connectivity index (χ4n) is 3.40. The van der Waals surface area contributed by atoms with Crippen LogP contribution in [0.2, 0.25) is 0 Å². The molecule has 2 saturated heterocycles. The van der Waals surface area contributed by atoms with E-state index >= 15 is 0 Å². The Bertz CT molecular complexity index is 528. The maximum absolute atomic E-state index is 11.8. The molecule has 0 saturated carbocycles. The van der Waals surface area contributed by atoms with Crippen molar-refractivity contribution >= 4 is 5.91 Å². The van der Waals surface area contributed by atoms with Gasteiger partial charge in [0.25, 0.3) is 0 Å². The van der Waals surface area contributed by atoms with Crippen LogP contribution in [0.3, 0.4) is 0 Å². The van der Waals surface area contributed by atoms with Crippen LogP contribution in [0, 0.1) is 5.92 Å². The van der Waals surface area contributed by atoms with Gasteiger partial charge in [0, 0.05) is 39.7 Å². The number of carbonyl (C=O) groups is 1. The predicted octanol–water partition coefficient (Wildman–Crippen LogP) is 2.13. The second kappa shape index (κ2) is 8.58. The summed E-state index contributed by atoms with van der Waals surface area (Å²) in [6, 6.07) is -0.0688. The van der Waals surface area contributed by atoms with Gasteiger partial charge in [0.15, 0.2) is 5.82 Å². The van der Waals surface area contributed by atoms with Gasteiger partial charge in [0.2, 0.25) is 11.8 Å². The van der Waals surface area contributed by atoms with Gasteiger partial charge in [0.1, 0.15) is 6.04 Å². The average Bonchev–Trinajstić information content (AvgIpc) is 3.08. The van der Waals surface area contributed by atoms with Gasteiger partial charge in [-0.25, -0.2) is 0 Å². The van der Waals surface area contributed by atoms with E-state index in [-0.39, 0.29) is 11.9 Å². The van der Waals surface area contributed by atoms with E-state index in [4.69, 9.17) is 14.0 Å². The van der Waals surface area contributed by atoms with Gasteiger partial charge in [-0.2, -0.15) is 4.98 Å². The first-order chi connectivity index (χ1) is 11.7. The Hall–Kier alpha value is -1.47. The lowest BCUT2D eigenvalue weighted by atomic mass is 10.0. The van der Waals surface area contributed by atoms with Crippen LogP contribution in [0.4, 0.5) is 0 Å². The zero-order valence-corrected chi connectivity index (χ0v) is 14.4. The van der Waals surface area contributed by atoms with Gasteiger partial charge in [-0.1, -0.05) is 5.16 Å². The molecule has 2 aliphatic heterocycles. The van der Waals surface area contributed by atoms with Crippen molar-refractivity contribution in [3.63, 3.8) is 0 Å². The van der Waals surface area contributed by atoms with Crippen molar-refractivity contribution in [3.05, 3.63) is 11.7 Å². The third-order valence-corrected chi connectivity index (χ3v) is 4.84. The number of piperidine rings is 1. The number of nitrogens with zero attached hydrogens (tertiary/aromatic N) is 3. The average molecular weight is 337 g/mol. The molecule has 0 bridgehead atoms. The number of carbonyl (C=O) groups excluding carboxylic acids is 1. The first-order valence-corrected chi connectivity index (χ1v) is 8.99. The lowest BCUT2D eigenvalue weighted by molar-refractivity contribution is -0.133. The van der Waals surface area contributed by atoms with Gasteiger partial charge in [-0.3, -0.25) is 4.79 Å². The molecule has 1 unspecified atom stereocenters. The second-order valence-electron chi connectivity index (χ2n) is 6.65. The van der Waals surface area contributed by atoms with Crippen molar-refractivity contribution in [1.29, 1.82) is 0 Å². The molecule has 2 fully saturated rings. The third-order valence-electron chi connectivity index (χ3n) is 4.84. The Morgan fingerprint density at radius 1 is 1.29 bits per heavy atom. The molecule has 2 aliphatic rings. The molecule has 1 aromatic rings. The Balaban J connectivity index is 1.45. The number of likely N-dealkylation sites (tertiary alicyclic amines) is 1. The van der Waals surface area contributed by atoms with E-state index in [0.717, 1.165) is 58.5 Å². The minimum absolute atomic E-state index is 0.0687. The van der Waals surface area contributed by atoms with Crippen molar-refractivity contribution in [2.24, 2.45) is 5.92 Å². The number of aromatic nitrogens is 2. The lowest BCUT2D eigenvalue weighted by Crippen LogP contribution is -2.37. The molecule has 3 heterocycles. The molecule has 0 radical (unpaired) electrons. The van der Waals surface area contributed by atoms with E-state index in [1.54, 1.807) is 6.92 Å². The van der Waals surface area contributed by atoms with Crippen LogP contribution in [0.25, 0.3) is 0 Å². The smallest absolute Gasteiger partial charge is 0.249 e. The fraction of sp³-hybridized carbons (Fsp3) is 0.824. The summed E-state index contributed by atoms with van der Waals surface area (Å²) >= 11 is 0. The molecule has 1 atom stereocenters. The largest absolute Gasteiger partial charge is 0.381 e. The van der Waals surface area contributed by atoms with E-state index in [2.05, 4.69) is 10.1 Å². The zero-order valence-electron chi connectivity index (χ0n) is 14.4. The van der Waals surface area contributed by atoms with Gasteiger partial charge in [-0.05, 0) is 38.0 Å². The van der Waals surface area contributed by atoms with Crippen molar-refractivity contribution < 1.29 is 18.8 Å². The zero-order chi connectivity index (χ0) is 16.8. The molecular weight excluding hydrogens is 310 g/mol. The summed E-state index contributed by atoms with van der Waals surface area (Å²) in [4.78, 5) is 18.1. The summed E-state index contributed by atoms with van der Waals surface area (Å²) in [5.41, 5.74) is 0. The first kappa shape index (κ1) is 17.4. The third kappa shape index (κ3) is 4.54. The number of hydrogen-bond donors (Lipinski definition) is 0. The van der Waals surface area contributed by atoms with Crippen LogP contribution in [-0.4, -0.2) is 53.9 Å². The monoisotopic (exact) mass is 337 g/mol. The van der Waals surface area contributed by atoms with Gasteiger partial charge >= 0.3 is 0 Å². The van der Waals surface area contributed by atoms with E-state index in [0.29, 0.717) is 30.7 Å². The molecule has 3 rings (SSSR count). The van der Waals surface area contributed by atoms with Crippen LogP contribution in [0.1, 0.15) is 56.8 Å². The first-order valence-electron chi connectivity index (χ1n) is 8.99. The van der Waals surface area contributed by atoms with Crippen LogP contribution in [-0.2, 0) is 20.7 Å². The molecule has 0 spiro atoms. The maximum atomic E-state index is 11.8. The van der Waals surface area contributed by atoms with Gasteiger partial charge < -0.3 is 18.9 Å². The molecule has 1 aromatic heterocycles. The summed E-state index contributed by atoms with van der Waals surface area (Å²) in [7, 11) is 0. The molecule has 0 aliphatic carbocycles. The molecule has 0 N–H and O–H groups in total. The molecule has 1 amide bonds. The highest BCUT2D eigenvalue weighted by molar-refractivity contribution is 5.73. The molecule has 134 valence electrons. The number of hydrogen-bond acceptors (Lipinski definition) is 6. The highest BCUT2D eigenvalue weighted by atomic mass is 16.5. The standard InChI is InChI=1S/C17H27N3O4/c1-13(21)20-8-3-2-4-15(20)17-18-16(19-24-17)7-11-23-12-14-5-9-22-10-6-14/h14-15H,2-12H2,1H3. The Morgan fingerprint density at radius 3 is 2.92 bits per heavy atom. The number of ether oxygens (including phenoxy) is 2. The minimum atomic E-state index is -0.0688. The highest BCUT2D eigenvalue weighted by Gasteiger charge is 2.30. The number of rotatable bonds is 6. The van der Waals surface area contributed by atoms with Crippen LogP contribution in [0.15, 0.2) is 4.52 Å². The van der Waals surface area contributed by atoms with Crippen LogP contribution in [0.5, 0.6) is 0 Å². The van der Waals surface area contributed by atoms with E-state index in [1.807, 2.05) is 4.90 Å². The molecule has 24 heavy (non-hydrogen) atoms. The van der Waals surface area contributed by atoms with Crippen molar-refractivity contribution in [2.75, 3.05) is 33.0 Å². The molecule has 7 heteroatoms. The number of amides is 1. The second-order valence-corrected chi connectivity index (χ2v) is 6.65. The Kier molecular flexibility index (Phi) is 6.20. The summed E-state index contributed by atoms with van der Waals surface area (Å²) in [6.07, 6.45) is 5.81. The summed E-state index contributed by atoms with van der Waals surface area (Å²) in [5.74, 6) is 1.89. The van der Waals surface area contributed by atoms with Gasteiger partial charge in [0.05, 0.1) is 6.61 Å². The SMILES string of the molecule is CC(=O)N1CCCCC1c1nc(CCOCC2CCOCC2)no1. The predicted molar refractivity (Wildman–Crippen MR) is 86.3 cm³/mol. The molecule has 7 nitrogen and oxygen atoms in total. The molecule has 0 aromatic carbocycles. The van der Waals surface area contributed by atoms with E-state index in [9.17, 15) is 4.79 Å². The Morgan fingerprint density at radius 2 is 2.12 bits per heavy atom. The van der Waals surface area contributed by atoms with Crippen molar-refractivity contribution in [3.8, 4) is 0 Å².